The van der Waals surface area contributed by atoms with Crippen LogP contribution in [0.4, 0.5) is 14.5 Å². The van der Waals surface area contributed by atoms with Gasteiger partial charge in [0.25, 0.3) is 0 Å². The van der Waals surface area contributed by atoms with E-state index in [9.17, 15) is 23.5 Å². The predicted molar refractivity (Wildman–Crippen MR) is 141 cm³/mol. The summed E-state index contributed by atoms with van der Waals surface area (Å²) < 4.78 is 29.1. The van der Waals surface area contributed by atoms with Gasteiger partial charge in [-0.15, -0.1) is 0 Å². The van der Waals surface area contributed by atoms with Crippen LogP contribution in [0.5, 0.6) is 0 Å². The van der Waals surface area contributed by atoms with Crippen LogP contribution in [0.3, 0.4) is 0 Å². The van der Waals surface area contributed by atoms with Crippen molar-refractivity contribution in [3.05, 3.63) is 63.1 Å². The summed E-state index contributed by atoms with van der Waals surface area (Å²) in [4.78, 5) is 27.6. The first-order chi connectivity index (χ1) is 17.8. The normalized spacial score (nSPS) is 25.4. The van der Waals surface area contributed by atoms with E-state index in [4.69, 9.17) is 28.3 Å². The number of carbonyl (C=O) groups is 2. The van der Waals surface area contributed by atoms with E-state index in [0.29, 0.717) is 23.2 Å². The molecule has 2 amide bonds. The molecule has 5 atom stereocenters. The number of hydrogen-bond donors (Lipinski definition) is 5. The van der Waals surface area contributed by atoms with Crippen LogP contribution >= 0.6 is 23.2 Å². The summed E-state index contributed by atoms with van der Waals surface area (Å²) in [5.74, 6) is -3.18. The Morgan fingerprint density at radius 2 is 1.84 bits per heavy atom. The van der Waals surface area contributed by atoms with Gasteiger partial charge in [-0.05, 0) is 53.6 Å². The van der Waals surface area contributed by atoms with E-state index < -0.39 is 59.6 Å². The zero-order chi connectivity index (χ0) is 28.0. The highest BCUT2D eigenvalue weighted by Gasteiger charge is 2.65. The molecular weight excluding hydrogens is 539 g/mol. The number of anilines is 1. The number of aliphatic hydroxyl groups is 2. The van der Waals surface area contributed by atoms with E-state index in [0.717, 1.165) is 0 Å². The van der Waals surface area contributed by atoms with Gasteiger partial charge in [-0.25, -0.2) is 8.78 Å². The first-order valence-corrected chi connectivity index (χ1v) is 13.1. The Balaban J connectivity index is 1.90. The fraction of sp³-hybridized carbons (Fsp3) is 0.481. The molecule has 2 aromatic rings. The highest BCUT2D eigenvalue weighted by molar-refractivity contribution is 6.31. The van der Waals surface area contributed by atoms with Crippen molar-refractivity contribution < 1.29 is 28.6 Å². The van der Waals surface area contributed by atoms with Gasteiger partial charge < -0.3 is 26.2 Å². The van der Waals surface area contributed by atoms with Crippen LogP contribution in [0, 0.1) is 17.0 Å². The predicted octanol–water partition coefficient (Wildman–Crippen LogP) is 3.88. The van der Waals surface area contributed by atoms with Gasteiger partial charge >= 0.3 is 0 Å². The lowest BCUT2D eigenvalue weighted by Crippen LogP contribution is -2.49. The van der Waals surface area contributed by atoms with E-state index in [1.807, 2.05) is 20.8 Å². The molecule has 38 heavy (non-hydrogen) atoms. The molecule has 1 saturated heterocycles. The first kappa shape index (κ1) is 28.7. The second kappa shape index (κ2) is 10.7. The Hall–Kier alpha value is -2.30. The summed E-state index contributed by atoms with van der Waals surface area (Å²) >= 11 is 12.2. The third-order valence-electron chi connectivity index (χ3n) is 7.27. The van der Waals surface area contributed by atoms with E-state index in [2.05, 4.69) is 16.0 Å². The van der Waals surface area contributed by atoms with Crippen LogP contribution in [0.15, 0.2) is 30.3 Å². The summed E-state index contributed by atoms with van der Waals surface area (Å²) in [6, 6.07) is 4.99. The zero-order valence-corrected chi connectivity index (χ0v) is 22.8. The topological polar surface area (TPSA) is 111 Å². The number of fused-ring (bicyclic) bond motifs is 2. The van der Waals surface area contributed by atoms with Gasteiger partial charge in [-0.3, -0.25) is 9.59 Å². The first-order valence-electron chi connectivity index (χ1n) is 12.4. The number of hydrogen-bond acceptors (Lipinski definition) is 5. The molecule has 1 fully saturated rings. The molecule has 1 spiro atoms. The second-order valence-corrected chi connectivity index (χ2v) is 12.0. The molecular formula is C27H31Cl2F2N3O4. The minimum atomic E-state index is -1.46. The smallest absolute Gasteiger partial charge is 0.237 e. The van der Waals surface area contributed by atoms with Crippen molar-refractivity contribution in [2.45, 2.75) is 63.1 Å². The molecule has 4 rings (SSSR count). The van der Waals surface area contributed by atoms with Crippen molar-refractivity contribution in [3.8, 4) is 0 Å². The Kier molecular flexibility index (Phi) is 8.08. The lowest BCUT2D eigenvalue weighted by Gasteiger charge is -2.37. The van der Waals surface area contributed by atoms with Gasteiger partial charge in [0, 0.05) is 24.2 Å². The molecule has 0 aromatic heterocycles. The SMILES string of the molecule is CC(C)(C)C[C@H]1N[C@@H](C(=O)NCC[C@H](O)CO)[C@H](c2ccc(F)c(Cl)c2)[C@@]12C(=O)Nc1cc(Cl)c(F)cc12. The largest absolute Gasteiger partial charge is 0.394 e. The molecule has 0 saturated carbocycles. The van der Waals surface area contributed by atoms with E-state index >= 15 is 0 Å². The van der Waals surface area contributed by atoms with Gasteiger partial charge in [-0.1, -0.05) is 50.0 Å². The summed E-state index contributed by atoms with van der Waals surface area (Å²) in [6.45, 7) is 5.60. The maximum atomic E-state index is 14.9. The van der Waals surface area contributed by atoms with Gasteiger partial charge in [0.15, 0.2) is 0 Å². The summed E-state index contributed by atoms with van der Waals surface area (Å²) in [6.07, 6.45) is -0.451. The molecule has 7 nitrogen and oxygen atoms in total. The van der Waals surface area contributed by atoms with Crippen LogP contribution in [-0.4, -0.2) is 53.4 Å². The maximum Gasteiger partial charge on any atom is 0.237 e. The molecule has 206 valence electrons. The standard InChI is InChI=1S/C27H31Cl2F2N3O4/c1-26(2,3)11-21-27(15-9-19(31)17(29)10-20(15)33-25(27)38)22(13-4-5-18(30)16(28)8-13)23(34-21)24(37)32-7-6-14(36)12-35/h4-5,8-10,14,21-23,34-36H,6-7,11-12H2,1-3H3,(H,32,37)(H,33,38)/t14-,21+,22-,23+,27-/m0/s1. The molecule has 2 heterocycles. The minimum absolute atomic E-state index is 0.0690. The third-order valence-corrected chi connectivity index (χ3v) is 7.85. The Morgan fingerprint density at radius 3 is 2.47 bits per heavy atom. The van der Waals surface area contributed by atoms with Gasteiger partial charge in [0.05, 0.1) is 28.8 Å². The molecule has 2 aliphatic rings. The fourth-order valence-electron chi connectivity index (χ4n) is 5.70. The second-order valence-electron chi connectivity index (χ2n) is 11.2. The van der Waals surface area contributed by atoms with Crippen LogP contribution in [0.25, 0.3) is 0 Å². The maximum absolute atomic E-state index is 14.9. The van der Waals surface area contributed by atoms with Crippen molar-refractivity contribution in [3.63, 3.8) is 0 Å². The third kappa shape index (κ3) is 5.14. The number of amides is 2. The van der Waals surface area contributed by atoms with E-state index in [1.54, 1.807) is 0 Å². The van der Waals surface area contributed by atoms with Crippen molar-refractivity contribution >= 4 is 40.7 Å². The summed E-state index contributed by atoms with van der Waals surface area (Å²) in [7, 11) is 0. The number of nitrogens with one attached hydrogen (secondary N) is 3. The minimum Gasteiger partial charge on any atom is -0.394 e. The summed E-state index contributed by atoms with van der Waals surface area (Å²) in [5, 5.41) is 27.4. The molecule has 0 unspecified atom stereocenters. The molecule has 0 aliphatic carbocycles. The highest BCUT2D eigenvalue weighted by atomic mass is 35.5. The molecule has 0 bridgehead atoms. The zero-order valence-electron chi connectivity index (χ0n) is 21.2. The Morgan fingerprint density at radius 1 is 1.16 bits per heavy atom. The molecule has 5 N–H and O–H groups in total. The van der Waals surface area contributed by atoms with Crippen LogP contribution in [0.1, 0.15) is 50.7 Å². The Bertz CT molecular complexity index is 1260. The number of aliphatic hydroxyl groups excluding tert-OH is 2. The molecule has 2 aliphatic heterocycles. The Labute approximate surface area is 229 Å². The van der Waals surface area contributed by atoms with Gasteiger partial charge in [0.2, 0.25) is 11.8 Å². The van der Waals surface area contributed by atoms with Crippen LogP contribution < -0.4 is 16.0 Å². The van der Waals surface area contributed by atoms with Gasteiger partial charge in [-0.2, -0.15) is 0 Å². The highest BCUT2D eigenvalue weighted by Crippen LogP contribution is 2.57. The van der Waals surface area contributed by atoms with E-state index in [1.165, 1.54) is 30.3 Å². The van der Waals surface area contributed by atoms with Crippen LogP contribution in [0.2, 0.25) is 10.0 Å². The lowest BCUT2D eigenvalue weighted by molar-refractivity contribution is -0.124. The number of benzene rings is 2. The van der Waals surface area contributed by atoms with Crippen LogP contribution in [-0.2, 0) is 15.0 Å². The quantitative estimate of drug-likeness (QED) is 0.347. The van der Waals surface area contributed by atoms with Gasteiger partial charge in [0.1, 0.15) is 17.0 Å². The van der Waals surface area contributed by atoms with Crippen molar-refractivity contribution in [1.29, 1.82) is 0 Å². The molecule has 0 radical (unpaired) electrons. The number of rotatable bonds is 7. The fourth-order valence-corrected chi connectivity index (χ4v) is 6.06. The van der Waals surface area contributed by atoms with Crippen molar-refractivity contribution in [2.75, 3.05) is 18.5 Å². The summed E-state index contributed by atoms with van der Waals surface area (Å²) in [5.41, 5.74) is -0.647. The molecule has 2 aromatic carbocycles. The monoisotopic (exact) mass is 569 g/mol. The van der Waals surface area contributed by atoms with Crippen molar-refractivity contribution in [2.24, 2.45) is 5.41 Å². The number of carbonyl (C=O) groups excluding carboxylic acids is 2. The van der Waals surface area contributed by atoms with Crippen molar-refractivity contribution in [1.82, 2.24) is 10.6 Å². The average molecular weight is 570 g/mol. The number of halogens is 4. The lowest BCUT2D eigenvalue weighted by atomic mass is 9.62. The average Bonchev–Trinajstić information content (AvgIpc) is 3.30. The van der Waals surface area contributed by atoms with E-state index in [-0.39, 0.29) is 28.4 Å². The molecule has 11 heteroatoms.